The molecular weight excluding hydrogens is 284 g/mol. The molecule has 1 aromatic heterocycles. The number of carbonyl (C=O) groups is 2. The molecule has 1 N–H and O–H groups in total. The molecule has 2 rings (SSSR count). The molecule has 7 nitrogen and oxygen atoms in total. The average molecular weight is 308 g/mol. The number of rotatable bonds is 5. The monoisotopic (exact) mass is 308 g/mol. The lowest BCUT2D eigenvalue weighted by atomic mass is 9.92. The molecule has 1 fully saturated rings. The van der Waals surface area contributed by atoms with Gasteiger partial charge in [0.25, 0.3) is 0 Å². The normalized spacial score (nSPS) is 21.4. The zero-order valence-corrected chi connectivity index (χ0v) is 13.4. The van der Waals surface area contributed by atoms with Crippen molar-refractivity contribution in [2.45, 2.75) is 32.4 Å². The second kappa shape index (κ2) is 7.40. The van der Waals surface area contributed by atoms with Crippen molar-refractivity contribution >= 4 is 11.8 Å². The van der Waals surface area contributed by atoms with E-state index < -0.39 is 0 Å². The smallest absolute Gasteiger partial charge is 0.239 e. The summed E-state index contributed by atoms with van der Waals surface area (Å²) in [6.45, 7) is 3.50. The van der Waals surface area contributed by atoms with Crippen molar-refractivity contribution in [3.63, 3.8) is 0 Å². The third-order valence-electron chi connectivity index (χ3n) is 4.02. The van der Waals surface area contributed by atoms with Gasteiger partial charge in [-0.25, -0.2) is 4.98 Å². The summed E-state index contributed by atoms with van der Waals surface area (Å²) < 4.78 is 7.84. The number of ether oxygens (including phenoxy) is 1. The third kappa shape index (κ3) is 3.47. The van der Waals surface area contributed by atoms with Crippen LogP contribution in [0.3, 0.4) is 0 Å². The summed E-state index contributed by atoms with van der Waals surface area (Å²) in [6.07, 6.45) is 4.87. The maximum Gasteiger partial charge on any atom is 0.239 e. The lowest BCUT2D eigenvalue weighted by Gasteiger charge is -2.33. The van der Waals surface area contributed by atoms with Gasteiger partial charge in [0.15, 0.2) is 0 Å². The van der Waals surface area contributed by atoms with E-state index >= 15 is 0 Å². The van der Waals surface area contributed by atoms with Gasteiger partial charge < -0.3 is 19.5 Å². The molecule has 22 heavy (non-hydrogen) atoms. The fraction of sp³-hybridized carbons (Fsp3) is 0.667. The van der Waals surface area contributed by atoms with Crippen LogP contribution in [0.2, 0.25) is 0 Å². The van der Waals surface area contributed by atoms with E-state index in [1.54, 1.807) is 20.3 Å². The van der Waals surface area contributed by atoms with Crippen molar-refractivity contribution in [1.82, 2.24) is 19.8 Å². The number of hydrogen-bond donors (Lipinski definition) is 1. The minimum atomic E-state index is -0.344. The topological polar surface area (TPSA) is 76.5 Å². The van der Waals surface area contributed by atoms with Gasteiger partial charge >= 0.3 is 0 Å². The standard InChI is InChI=1S/C15H24N4O3/c1-4-19-8-7-17-14(19)13-11(6-5-9-22-13)15(21)18(3)10-12(20)16-2/h7-8,11,13H,4-6,9-10H2,1-3H3,(H,16,20)/t11-,13-/m1/s1. The van der Waals surface area contributed by atoms with Gasteiger partial charge in [-0.3, -0.25) is 9.59 Å². The molecule has 0 bridgehead atoms. The number of aryl methyl sites for hydroxylation is 1. The molecular formula is C15H24N4O3. The van der Waals surface area contributed by atoms with Gasteiger partial charge in [0.05, 0.1) is 12.5 Å². The highest BCUT2D eigenvalue weighted by atomic mass is 16.5. The first-order valence-electron chi connectivity index (χ1n) is 7.66. The molecule has 0 saturated carbocycles. The summed E-state index contributed by atoms with van der Waals surface area (Å²) in [5.74, 6) is 0.239. The van der Waals surface area contributed by atoms with Gasteiger partial charge in [-0.15, -0.1) is 0 Å². The minimum absolute atomic E-state index is 0.0563. The van der Waals surface area contributed by atoms with Gasteiger partial charge in [-0.2, -0.15) is 0 Å². The van der Waals surface area contributed by atoms with Crippen molar-refractivity contribution < 1.29 is 14.3 Å². The molecule has 2 heterocycles. The molecule has 122 valence electrons. The summed E-state index contributed by atoms with van der Waals surface area (Å²) in [7, 11) is 3.21. The van der Waals surface area contributed by atoms with Crippen molar-refractivity contribution in [2.75, 3.05) is 27.2 Å². The molecule has 1 aliphatic heterocycles. The van der Waals surface area contributed by atoms with Crippen LogP contribution in [0.15, 0.2) is 12.4 Å². The Kier molecular flexibility index (Phi) is 5.54. The van der Waals surface area contributed by atoms with E-state index in [1.165, 1.54) is 4.90 Å². The van der Waals surface area contributed by atoms with Crippen LogP contribution in [0.5, 0.6) is 0 Å². The summed E-state index contributed by atoms with van der Waals surface area (Å²) in [5.41, 5.74) is 0. The van der Waals surface area contributed by atoms with E-state index in [0.29, 0.717) is 6.61 Å². The van der Waals surface area contributed by atoms with Crippen molar-refractivity contribution in [3.05, 3.63) is 18.2 Å². The summed E-state index contributed by atoms with van der Waals surface area (Å²) in [6, 6.07) is 0. The second-order valence-corrected chi connectivity index (χ2v) is 5.48. The van der Waals surface area contributed by atoms with E-state index in [1.807, 2.05) is 17.7 Å². The predicted molar refractivity (Wildman–Crippen MR) is 81.0 cm³/mol. The van der Waals surface area contributed by atoms with Crippen LogP contribution < -0.4 is 5.32 Å². The number of carbonyl (C=O) groups excluding carboxylic acids is 2. The fourth-order valence-electron chi connectivity index (χ4n) is 2.79. The van der Waals surface area contributed by atoms with Crippen molar-refractivity contribution in [3.8, 4) is 0 Å². The molecule has 2 amide bonds. The molecule has 0 aromatic carbocycles. The Bertz CT molecular complexity index is 529. The third-order valence-corrected chi connectivity index (χ3v) is 4.02. The van der Waals surface area contributed by atoms with Crippen LogP contribution >= 0.6 is 0 Å². The number of aromatic nitrogens is 2. The number of amides is 2. The lowest BCUT2D eigenvalue weighted by molar-refractivity contribution is -0.147. The van der Waals surface area contributed by atoms with E-state index in [4.69, 9.17) is 4.74 Å². The first kappa shape index (κ1) is 16.5. The molecule has 0 aliphatic carbocycles. The molecule has 2 atom stereocenters. The molecule has 7 heteroatoms. The highest BCUT2D eigenvalue weighted by Gasteiger charge is 2.37. The van der Waals surface area contributed by atoms with Crippen LogP contribution in [-0.4, -0.2) is 53.5 Å². The molecule has 1 aliphatic rings. The Morgan fingerprint density at radius 1 is 1.55 bits per heavy atom. The van der Waals surface area contributed by atoms with Gasteiger partial charge in [-0.1, -0.05) is 0 Å². The summed E-state index contributed by atoms with van der Waals surface area (Å²) in [5, 5.41) is 2.53. The Hall–Kier alpha value is -1.89. The quantitative estimate of drug-likeness (QED) is 0.863. The van der Waals surface area contributed by atoms with Gasteiger partial charge in [0.2, 0.25) is 11.8 Å². The molecule has 0 spiro atoms. The summed E-state index contributed by atoms with van der Waals surface area (Å²) in [4.78, 5) is 30.0. The first-order valence-corrected chi connectivity index (χ1v) is 7.66. The van der Waals surface area contributed by atoms with E-state index in [9.17, 15) is 9.59 Å². The Morgan fingerprint density at radius 2 is 2.32 bits per heavy atom. The number of nitrogens with one attached hydrogen (secondary N) is 1. The van der Waals surface area contributed by atoms with E-state index in [-0.39, 0.29) is 30.4 Å². The van der Waals surface area contributed by atoms with E-state index in [2.05, 4.69) is 10.3 Å². The Morgan fingerprint density at radius 3 is 3.00 bits per heavy atom. The van der Waals surface area contributed by atoms with Crippen LogP contribution in [-0.2, 0) is 20.9 Å². The fourth-order valence-corrected chi connectivity index (χ4v) is 2.79. The van der Waals surface area contributed by atoms with Gasteiger partial charge in [-0.05, 0) is 19.8 Å². The number of hydrogen-bond acceptors (Lipinski definition) is 4. The Labute approximate surface area is 130 Å². The molecule has 1 saturated heterocycles. The lowest BCUT2D eigenvalue weighted by Crippen LogP contribution is -2.43. The molecule has 0 unspecified atom stereocenters. The van der Waals surface area contributed by atoms with Crippen molar-refractivity contribution in [2.24, 2.45) is 5.92 Å². The SMILES string of the molecule is CCn1ccnc1[C@@H]1OCCC[C@H]1C(=O)N(C)CC(=O)NC. The predicted octanol–water partition coefficient (Wildman–Crippen LogP) is 0.575. The Balaban J connectivity index is 2.16. The van der Waals surface area contributed by atoms with Crippen molar-refractivity contribution in [1.29, 1.82) is 0 Å². The number of nitrogens with zero attached hydrogens (tertiary/aromatic N) is 3. The van der Waals surface area contributed by atoms with Crippen LogP contribution in [0.25, 0.3) is 0 Å². The largest absolute Gasteiger partial charge is 0.369 e. The highest BCUT2D eigenvalue weighted by molar-refractivity contribution is 5.86. The van der Waals surface area contributed by atoms with Gasteiger partial charge in [0, 0.05) is 39.6 Å². The number of imidazole rings is 1. The average Bonchev–Trinajstić information content (AvgIpc) is 3.02. The van der Waals surface area contributed by atoms with E-state index in [0.717, 1.165) is 25.2 Å². The van der Waals surface area contributed by atoms with Crippen LogP contribution in [0, 0.1) is 5.92 Å². The molecule has 0 radical (unpaired) electrons. The van der Waals surface area contributed by atoms with Crippen LogP contribution in [0.4, 0.5) is 0 Å². The minimum Gasteiger partial charge on any atom is -0.369 e. The maximum atomic E-state index is 12.7. The van der Waals surface area contributed by atoms with Gasteiger partial charge in [0.1, 0.15) is 11.9 Å². The molecule has 1 aromatic rings. The second-order valence-electron chi connectivity index (χ2n) is 5.48. The zero-order valence-electron chi connectivity index (χ0n) is 13.4. The highest BCUT2D eigenvalue weighted by Crippen LogP contribution is 2.34. The summed E-state index contributed by atoms with van der Waals surface area (Å²) >= 11 is 0. The van der Waals surface area contributed by atoms with Crippen LogP contribution in [0.1, 0.15) is 31.7 Å². The first-order chi connectivity index (χ1) is 10.6. The number of likely N-dealkylation sites (N-methyl/N-ethyl adjacent to an activating group) is 2. The maximum absolute atomic E-state index is 12.7. The zero-order chi connectivity index (χ0) is 16.1.